The zero-order valence-corrected chi connectivity index (χ0v) is 19.5. The first-order valence-electron chi connectivity index (χ1n) is 10.9. The van der Waals surface area contributed by atoms with Gasteiger partial charge in [0.15, 0.2) is 5.13 Å². The van der Waals surface area contributed by atoms with Gasteiger partial charge in [0.1, 0.15) is 10.6 Å². The molecule has 2 aromatic carbocycles. The highest BCUT2D eigenvalue weighted by Crippen LogP contribution is 2.42. The number of nitrogens with zero attached hydrogens (tertiary/aromatic N) is 3. The molecule has 0 amide bonds. The Morgan fingerprint density at radius 3 is 2.71 bits per heavy atom. The van der Waals surface area contributed by atoms with Gasteiger partial charge < -0.3 is 20.1 Å². The third-order valence-corrected chi connectivity index (χ3v) is 6.99. The van der Waals surface area contributed by atoms with Gasteiger partial charge in [0.2, 0.25) is 5.88 Å². The third-order valence-electron chi connectivity index (χ3n) is 5.85. The molecule has 4 aromatic rings. The summed E-state index contributed by atoms with van der Waals surface area (Å²) in [4.78, 5) is 6.79. The van der Waals surface area contributed by atoms with Crippen molar-refractivity contribution in [1.29, 1.82) is 0 Å². The number of H-pyrrole nitrogens is 1. The van der Waals surface area contributed by atoms with Crippen molar-refractivity contribution in [3.8, 4) is 11.6 Å². The first kappa shape index (κ1) is 23.2. The second-order valence-corrected chi connectivity index (χ2v) is 9.04. The lowest BCUT2D eigenvalue weighted by Crippen LogP contribution is -2.43. The van der Waals surface area contributed by atoms with Gasteiger partial charge in [-0.15, -0.1) is 0 Å². The molecule has 0 aliphatic carbocycles. The number of benzene rings is 2. The number of methoxy groups -OCH3 is 1. The fraction of sp³-hybridized carbons (Fsp3) is 0.250. The molecule has 0 radical (unpaired) electrons. The van der Waals surface area contributed by atoms with Crippen LogP contribution in [0, 0.1) is 0 Å². The van der Waals surface area contributed by atoms with E-state index in [9.17, 15) is 18.3 Å². The Hall–Kier alpha value is -3.57. The predicted octanol–water partition coefficient (Wildman–Crippen LogP) is 4.75. The molecule has 1 aliphatic heterocycles. The average Bonchev–Trinajstić information content (AvgIpc) is 3.48. The van der Waals surface area contributed by atoms with Gasteiger partial charge in [-0.1, -0.05) is 23.5 Å². The normalized spacial score (nSPS) is 15.1. The Morgan fingerprint density at radius 2 is 1.97 bits per heavy atom. The lowest BCUT2D eigenvalue weighted by molar-refractivity contribution is -0.137. The molecule has 0 saturated carbocycles. The van der Waals surface area contributed by atoms with Gasteiger partial charge in [-0.2, -0.15) is 23.3 Å². The zero-order valence-electron chi connectivity index (χ0n) is 18.7. The summed E-state index contributed by atoms with van der Waals surface area (Å²) in [6.45, 7) is 3.03. The minimum absolute atomic E-state index is 0.0443. The van der Waals surface area contributed by atoms with E-state index in [0.29, 0.717) is 21.1 Å². The summed E-state index contributed by atoms with van der Waals surface area (Å²) in [5, 5.41) is 22.4. The van der Waals surface area contributed by atoms with Gasteiger partial charge in [-0.05, 0) is 41.5 Å². The third kappa shape index (κ3) is 4.69. The fourth-order valence-corrected chi connectivity index (χ4v) is 5.10. The Morgan fingerprint density at radius 1 is 1.17 bits per heavy atom. The highest BCUT2D eigenvalue weighted by molar-refractivity contribution is 7.17. The standard InChI is InChI=1S/C24H22F3N5O2S/c1-34-17-4-2-15(19(12-17)24(25,26)27)11-18(14-3-5-20-16(10-14)13-29-31-20)21-22(33)30-23(35-21)32-8-6-28-7-9-32/h2-5,10-13,28,33H,6-9H2,1H3,(H,29,31). The van der Waals surface area contributed by atoms with Crippen molar-refractivity contribution in [1.82, 2.24) is 20.5 Å². The summed E-state index contributed by atoms with van der Waals surface area (Å²) in [5.74, 6) is -0.110. The van der Waals surface area contributed by atoms with Gasteiger partial charge in [0.05, 0.1) is 24.4 Å². The van der Waals surface area contributed by atoms with Crippen molar-refractivity contribution in [2.75, 3.05) is 38.2 Å². The number of aromatic amines is 1. The molecule has 7 nitrogen and oxygen atoms in total. The molecule has 1 aliphatic rings. The van der Waals surface area contributed by atoms with Crippen molar-refractivity contribution in [2.24, 2.45) is 0 Å². The quantitative estimate of drug-likeness (QED) is 0.342. The molecule has 0 atom stereocenters. The second-order valence-electron chi connectivity index (χ2n) is 8.07. The van der Waals surface area contributed by atoms with E-state index in [1.165, 1.54) is 36.7 Å². The number of rotatable bonds is 5. The lowest BCUT2D eigenvalue weighted by Gasteiger charge is -2.26. The van der Waals surface area contributed by atoms with E-state index in [1.807, 2.05) is 6.07 Å². The molecule has 0 bridgehead atoms. The smallest absolute Gasteiger partial charge is 0.417 e. The number of halogens is 3. The van der Waals surface area contributed by atoms with Crippen molar-refractivity contribution < 1.29 is 23.0 Å². The number of aromatic hydroxyl groups is 1. The van der Waals surface area contributed by atoms with Crippen LogP contribution in [0.5, 0.6) is 11.6 Å². The first-order valence-corrected chi connectivity index (χ1v) is 11.7. The SMILES string of the molecule is COc1ccc(C=C(c2ccc3[nH]ncc3c2)c2sc(N3CCNCC3)nc2O)c(C(F)(F)F)c1. The maximum absolute atomic E-state index is 13.9. The second kappa shape index (κ2) is 9.23. The van der Waals surface area contributed by atoms with E-state index in [2.05, 4.69) is 25.4 Å². The number of thiazole rings is 1. The number of piperazine rings is 1. The molecule has 0 spiro atoms. The van der Waals surface area contributed by atoms with Crippen LogP contribution in [0.1, 0.15) is 21.6 Å². The topological polar surface area (TPSA) is 86.3 Å². The van der Waals surface area contributed by atoms with Gasteiger partial charge in [0.25, 0.3) is 0 Å². The summed E-state index contributed by atoms with van der Waals surface area (Å²) in [6.07, 6.45) is -1.51. The van der Waals surface area contributed by atoms with Crippen molar-refractivity contribution in [3.63, 3.8) is 0 Å². The van der Waals surface area contributed by atoms with E-state index >= 15 is 0 Å². The number of aromatic nitrogens is 3. The van der Waals surface area contributed by atoms with Crippen LogP contribution in [0.15, 0.2) is 42.6 Å². The Labute approximate surface area is 202 Å². The van der Waals surface area contributed by atoms with Crippen LogP contribution < -0.4 is 15.0 Å². The van der Waals surface area contributed by atoms with Crippen LogP contribution in [0.2, 0.25) is 0 Å². The Bertz CT molecular complexity index is 1390. The van der Waals surface area contributed by atoms with Crippen molar-refractivity contribution in [3.05, 3.63) is 64.2 Å². The van der Waals surface area contributed by atoms with E-state index in [1.54, 1.807) is 18.3 Å². The molecule has 3 N–H and O–H groups in total. The number of anilines is 1. The summed E-state index contributed by atoms with van der Waals surface area (Å²) >= 11 is 1.26. The van der Waals surface area contributed by atoms with Gasteiger partial charge in [-0.25, -0.2) is 0 Å². The number of fused-ring (bicyclic) bond motifs is 1. The van der Waals surface area contributed by atoms with Crippen LogP contribution in [-0.4, -0.2) is 53.6 Å². The monoisotopic (exact) mass is 501 g/mol. The number of alkyl halides is 3. The van der Waals surface area contributed by atoms with Gasteiger partial charge >= 0.3 is 6.18 Å². The molecule has 11 heteroatoms. The van der Waals surface area contributed by atoms with Crippen LogP contribution in [-0.2, 0) is 6.18 Å². The summed E-state index contributed by atoms with van der Waals surface area (Å²) in [6, 6.07) is 9.24. The van der Waals surface area contributed by atoms with Crippen molar-refractivity contribution >= 4 is 39.0 Å². The van der Waals surface area contributed by atoms with Crippen molar-refractivity contribution in [2.45, 2.75) is 6.18 Å². The Kier molecular flexibility index (Phi) is 6.12. The van der Waals surface area contributed by atoms with E-state index < -0.39 is 11.7 Å². The van der Waals surface area contributed by atoms with E-state index in [-0.39, 0.29) is 17.2 Å². The Balaban J connectivity index is 1.69. The summed E-state index contributed by atoms with van der Waals surface area (Å²) < 4.78 is 46.9. The zero-order chi connectivity index (χ0) is 24.6. The molecule has 0 unspecified atom stereocenters. The average molecular weight is 502 g/mol. The van der Waals surface area contributed by atoms with Crippen LogP contribution in [0.25, 0.3) is 22.6 Å². The molecular weight excluding hydrogens is 479 g/mol. The number of nitrogens with one attached hydrogen (secondary N) is 2. The van der Waals surface area contributed by atoms with Crippen LogP contribution in [0.3, 0.4) is 0 Å². The lowest BCUT2D eigenvalue weighted by atomic mass is 9.97. The molecule has 182 valence electrons. The molecule has 3 heterocycles. The fourth-order valence-electron chi connectivity index (χ4n) is 4.05. The molecule has 35 heavy (non-hydrogen) atoms. The minimum atomic E-state index is -4.60. The first-order chi connectivity index (χ1) is 16.8. The predicted molar refractivity (Wildman–Crippen MR) is 130 cm³/mol. The maximum Gasteiger partial charge on any atom is 0.417 e. The molecule has 1 saturated heterocycles. The van der Waals surface area contributed by atoms with E-state index in [4.69, 9.17) is 4.74 Å². The summed E-state index contributed by atoms with van der Waals surface area (Å²) in [5.41, 5.74) is 0.986. The maximum atomic E-state index is 13.9. The number of ether oxygens (including phenoxy) is 1. The van der Waals surface area contributed by atoms with Gasteiger partial charge in [0, 0.05) is 37.1 Å². The highest BCUT2D eigenvalue weighted by Gasteiger charge is 2.34. The van der Waals surface area contributed by atoms with Gasteiger partial charge in [-0.3, -0.25) is 5.10 Å². The largest absolute Gasteiger partial charge is 0.497 e. The summed E-state index contributed by atoms with van der Waals surface area (Å²) in [7, 11) is 1.32. The molecule has 2 aromatic heterocycles. The molecule has 5 rings (SSSR count). The highest BCUT2D eigenvalue weighted by atomic mass is 32.1. The molecule has 1 fully saturated rings. The van der Waals surface area contributed by atoms with Crippen LogP contribution >= 0.6 is 11.3 Å². The number of hydrogen-bond donors (Lipinski definition) is 3. The number of hydrogen-bond acceptors (Lipinski definition) is 7. The minimum Gasteiger partial charge on any atom is -0.497 e. The van der Waals surface area contributed by atoms with E-state index in [0.717, 1.165) is 43.1 Å². The molecular formula is C24H22F3N5O2S. The van der Waals surface area contributed by atoms with Crippen LogP contribution in [0.4, 0.5) is 18.3 Å².